The Hall–Kier alpha value is -1.64. The van der Waals surface area contributed by atoms with Crippen LogP contribution in [0.15, 0.2) is 11.7 Å². The van der Waals surface area contributed by atoms with Crippen LogP contribution in [0.4, 0.5) is 13.2 Å². The quantitative estimate of drug-likeness (QED) is 0.847. The Bertz CT molecular complexity index is 405. The monoisotopic (exact) mass is 268 g/mol. The smallest absolute Gasteiger partial charge is 0.471 e. The minimum Gasteiger partial charge on any atom is -0.480 e. The second-order valence-electron chi connectivity index (χ2n) is 3.03. The first-order chi connectivity index (χ1) is 7.80. The van der Waals surface area contributed by atoms with Gasteiger partial charge in [-0.25, -0.2) is 4.79 Å². The van der Waals surface area contributed by atoms with Gasteiger partial charge >= 0.3 is 18.1 Å². The van der Waals surface area contributed by atoms with E-state index < -0.39 is 24.1 Å². The normalized spacial score (nSPS) is 13.1. The molecule has 1 atom stereocenters. The number of hydrogen-bond acceptors (Lipinski definition) is 4. The van der Waals surface area contributed by atoms with Gasteiger partial charge in [-0.2, -0.15) is 13.2 Å². The zero-order valence-corrected chi connectivity index (χ0v) is 9.01. The molecule has 1 aromatic heterocycles. The van der Waals surface area contributed by atoms with Crippen molar-refractivity contribution in [3.05, 3.63) is 16.6 Å². The van der Waals surface area contributed by atoms with Crippen LogP contribution >= 0.6 is 11.3 Å². The van der Waals surface area contributed by atoms with Gasteiger partial charge in [-0.05, 0) is 0 Å². The molecule has 17 heavy (non-hydrogen) atoms. The number of carbonyl (C=O) groups excluding carboxylic acids is 1. The summed E-state index contributed by atoms with van der Waals surface area (Å²) in [5, 5.41) is 10.1. The lowest BCUT2D eigenvalue weighted by atomic mass is 10.2. The Balaban J connectivity index is 2.68. The number of carboxylic acid groups (broad SMARTS) is 1. The number of nitrogens with zero attached hydrogens (tertiary/aromatic N) is 1. The molecular formula is C8H7F3N2O3S. The van der Waals surface area contributed by atoms with E-state index in [1.807, 2.05) is 0 Å². The molecule has 0 aromatic carbocycles. The highest BCUT2D eigenvalue weighted by atomic mass is 32.1. The summed E-state index contributed by atoms with van der Waals surface area (Å²) in [5.41, 5.74) is 1.42. The number of carboxylic acids is 1. The molecule has 0 aliphatic heterocycles. The van der Waals surface area contributed by atoms with E-state index in [1.165, 1.54) is 17.0 Å². The first-order valence-corrected chi connectivity index (χ1v) is 5.16. The molecule has 0 fully saturated rings. The second kappa shape index (κ2) is 5.13. The molecule has 2 N–H and O–H groups in total. The Morgan fingerprint density at radius 1 is 1.53 bits per heavy atom. The predicted octanol–water partition coefficient (Wildman–Crippen LogP) is 0.817. The first kappa shape index (κ1) is 13.4. The fourth-order valence-electron chi connectivity index (χ4n) is 0.984. The van der Waals surface area contributed by atoms with Crippen LogP contribution in [0, 0.1) is 0 Å². The van der Waals surface area contributed by atoms with Crippen molar-refractivity contribution in [3.63, 3.8) is 0 Å². The molecule has 1 unspecified atom stereocenters. The number of aromatic nitrogens is 1. The molecule has 1 rings (SSSR count). The molecule has 0 aliphatic carbocycles. The van der Waals surface area contributed by atoms with E-state index in [-0.39, 0.29) is 6.42 Å². The third-order valence-corrected chi connectivity index (χ3v) is 2.55. The number of amides is 1. The molecule has 9 heteroatoms. The molecule has 94 valence electrons. The molecule has 1 heterocycles. The summed E-state index contributed by atoms with van der Waals surface area (Å²) in [6.07, 6.45) is -4.00. The molecule has 0 radical (unpaired) electrons. The van der Waals surface area contributed by atoms with E-state index in [1.54, 1.807) is 0 Å². The van der Waals surface area contributed by atoms with Gasteiger partial charge in [-0.15, -0.1) is 11.3 Å². The van der Waals surface area contributed by atoms with Gasteiger partial charge in [0.15, 0.2) is 0 Å². The minimum atomic E-state index is -5.10. The van der Waals surface area contributed by atoms with Gasteiger partial charge in [0.05, 0.1) is 5.51 Å². The third kappa shape index (κ3) is 4.02. The molecule has 1 amide bonds. The van der Waals surface area contributed by atoms with Crippen molar-refractivity contribution in [3.8, 4) is 0 Å². The molecule has 1 aromatic rings. The highest BCUT2D eigenvalue weighted by molar-refractivity contribution is 7.09. The van der Waals surface area contributed by atoms with Crippen LogP contribution in [0.25, 0.3) is 0 Å². The lowest BCUT2D eigenvalue weighted by Crippen LogP contribution is -2.47. The molecule has 5 nitrogen and oxygen atoms in total. The number of rotatable bonds is 4. The minimum absolute atomic E-state index is 0.234. The number of hydrogen-bond donors (Lipinski definition) is 2. The molecular weight excluding hydrogens is 261 g/mol. The van der Waals surface area contributed by atoms with Gasteiger partial charge in [0.25, 0.3) is 0 Å². The lowest BCUT2D eigenvalue weighted by molar-refractivity contribution is -0.175. The number of nitrogens with one attached hydrogen (secondary N) is 1. The molecule has 0 bridgehead atoms. The van der Waals surface area contributed by atoms with Crippen molar-refractivity contribution in [2.24, 2.45) is 0 Å². The van der Waals surface area contributed by atoms with Gasteiger partial charge in [-0.3, -0.25) is 9.78 Å². The number of halogens is 3. The standard InChI is InChI=1S/C8H7F3N2O3S/c9-8(10,11)7(16)13-5(6(14)15)1-4-2-12-3-17-4/h2-3,5H,1H2,(H,13,16)(H,14,15). The molecule has 0 aliphatic rings. The maximum atomic E-state index is 11.9. The summed E-state index contributed by atoms with van der Waals surface area (Å²) in [6.45, 7) is 0. The molecule has 0 spiro atoms. The highest BCUT2D eigenvalue weighted by Gasteiger charge is 2.40. The third-order valence-electron chi connectivity index (χ3n) is 1.75. The maximum absolute atomic E-state index is 11.9. The van der Waals surface area contributed by atoms with Crippen LogP contribution < -0.4 is 5.32 Å². The molecule has 0 saturated heterocycles. The van der Waals surface area contributed by atoms with E-state index in [4.69, 9.17) is 5.11 Å². The first-order valence-electron chi connectivity index (χ1n) is 4.28. The van der Waals surface area contributed by atoms with Gasteiger partial charge in [0.2, 0.25) is 0 Å². The average molecular weight is 268 g/mol. The summed E-state index contributed by atoms with van der Waals surface area (Å²) in [4.78, 5) is 25.4. The lowest BCUT2D eigenvalue weighted by Gasteiger charge is -2.14. The summed E-state index contributed by atoms with van der Waals surface area (Å²) < 4.78 is 35.8. The van der Waals surface area contributed by atoms with Gasteiger partial charge < -0.3 is 10.4 Å². The SMILES string of the molecule is O=C(O)C(Cc1cncs1)NC(=O)C(F)(F)F. The largest absolute Gasteiger partial charge is 0.480 e. The van der Waals surface area contributed by atoms with E-state index in [2.05, 4.69) is 4.98 Å². The Morgan fingerprint density at radius 3 is 2.59 bits per heavy atom. The van der Waals surface area contributed by atoms with Crippen molar-refractivity contribution < 1.29 is 27.9 Å². The van der Waals surface area contributed by atoms with E-state index in [0.29, 0.717) is 4.88 Å². The van der Waals surface area contributed by atoms with Crippen LogP contribution in [0.2, 0.25) is 0 Å². The number of thiazole rings is 1. The van der Waals surface area contributed by atoms with E-state index >= 15 is 0 Å². The van der Waals surface area contributed by atoms with Gasteiger partial charge in [0, 0.05) is 17.5 Å². The highest BCUT2D eigenvalue weighted by Crippen LogP contribution is 2.15. The number of carbonyl (C=O) groups is 2. The molecule has 0 saturated carbocycles. The Labute approximate surface area is 97.3 Å². The number of aliphatic carboxylic acids is 1. The van der Waals surface area contributed by atoms with Crippen molar-refractivity contribution in [1.29, 1.82) is 0 Å². The summed E-state index contributed by atoms with van der Waals surface area (Å²) in [5.74, 6) is -3.80. The Kier molecular flexibility index (Phi) is 4.05. The Morgan fingerprint density at radius 2 is 2.18 bits per heavy atom. The summed E-state index contributed by atoms with van der Waals surface area (Å²) in [7, 11) is 0. The zero-order valence-electron chi connectivity index (χ0n) is 8.19. The second-order valence-corrected chi connectivity index (χ2v) is 4.00. The van der Waals surface area contributed by atoms with Crippen molar-refractivity contribution >= 4 is 23.2 Å². The van der Waals surface area contributed by atoms with Crippen molar-refractivity contribution in [1.82, 2.24) is 10.3 Å². The van der Waals surface area contributed by atoms with Gasteiger partial charge in [-0.1, -0.05) is 0 Å². The summed E-state index contributed by atoms with van der Waals surface area (Å²) >= 11 is 1.10. The fraction of sp³-hybridized carbons (Fsp3) is 0.375. The average Bonchev–Trinajstić information content (AvgIpc) is 2.67. The van der Waals surface area contributed by atoms with E-state index in [9.17, 15) is 22.8 Å². The van der Waals surface area contributed by atoms with Crippen LogP contribution in [0.5, 0.6) is 0 Å². The predicted molar refractivity (Wildman–Crippen MR) is 51.4 cm³/mol. The van der Waals surface area contributed by atoms with Crippen LogP contribution in [-0.4, -0.2) is 34.2 Å². The van der Waals surface area contributed by atoms with E-state index in [0.717, 1.165) is 11.3 Å². The van der Waals surface area contributed by atoms with Gasteiger partial charge in [0.1, 0.15) is 6.04 Å². The summed E-state index contributed by atoms with van der Waals surface area (Å²) in [6, 6.07) is -1.62. The number of alkyl halides is 3. The van der Waals surface area contributed by atoms with Crippen LogP contribution in [0.1, 0.15) is 4.88 Å². The maximum Gasteiger partial charge on any atom is 0.471 e. The van der Waals surface area contributed by atoms with Crippen molar-refractivity contribution in [2.75, 3.05) is 0 Å². The van der Waals surface area contributed by atoms with Crippen LogP contribution in [-0.2, 0) is 16.0 Å². The fourth-order valence-corrected chi connectivity index (χ4v) is 1.63. The van der Waals surface area contributed by atoms with Crippen LogP contribution in [0.3, 0.4) is 0 Å². The van der Waals surface area contributed by atoms with Crippen molar-refractivity contribution in [2.45, 2.75) is 18.6 Å². The topological polar surface area (TPSA) is 79.3 Å². The zero-order chi connectivity index (χ0) is 13.1.